The first-order chi connectivity index (χ1) is 10.5. The van der Waals surface area contributed by atoms with E-state index in [0.717, 1.165) is 8.82 Å². The monoisotopic (exact) mass is 384 g/mol. The van der Waals surface area contributed by atoms with Crippen LogP contribution in [0.1, 0.15) is 25.7 Å². The van der Waals surface area contributed by atoms with Crippen molar-refractivity contribution in [2.45, 2.75) is 30.6 Å². The van der Waals surface area contributed by atoms with E-state index in [0.29, 0.717) is 25.7 Å². The van der Waals surface area contributed by atoms with Gasteiger partial charge in [-0.2, -0.15) is 0 Å². The second kappa shape index (κ2) is 7.55. The average molecular weight is 385 g/mol. The zero-order valence-electron chi connectivity index (χ0n) is 11.5. The van der Waals surface area contributed by atoms with Crippen LogP contribution in [-0.4, -0.2) is 31.9 Å². The fourth-order valence-electron chi connectivity index (χ4n) is 1.79. The molecule has 0 spiro atoms. The fraction of sp³-hybridized carbons (Fsp3) is 0.286. The van der Waals surface area contributed by atoms with Gasteiger partial charge >= 0.3 is 0 Å². The second-order valence-electron chi connectivity index (χ2n) is 4.55. The predicted molar refractivity (Wildman–Crippen MR) is 83.4 cm³/mol. The van der Waals surface area contributed by atoms with Crippen molar-refractivity contribution in [1.82, 2.24) is 8.23 Å². The molecule has 116 valence electrons. The number of benzene rings is 1. The molecule has 0 aromatic heterocycles. The Morgan fingerprint density at radius 3 is 1.64 bits per heavy atom. The summed E-state index contributed by atoms with van der Waals surface area (Å²) in [6.45, 7) is 0. The van der Waals surface area contributed by atoms with Gasteiger partial charge in [-0.15, -0.1) is 0 Å². The Kier molecular flexibility index (Phi) is 5.73. The summed E-state index contributed by atoms with van der Waals surface area (Å²) in [6.07, 6.45) is 1.39. The molecule has 0 N–H and O–H groups in total. The lowest BCUT2D eigenvalue weighted by Crippen LogP contribution is -2.20. The molecule has 8 heteroatoms. The van der Waals surface area contributed by atoms with Crippen LogP contribution in [0.4, 0.5) is 0 Å². The van der Waals surface area contributed by atoms with Crippen LogP contribution >= 0.6 is 28.1 Å². The van der Waals surface area contributed by atoms with Gasteiger partial charge in [-0.05, 0) is 24.1 Å². The minimum atomic E-state index is -0.144. The number of imide groups is 2. The quantitative estimate of drug-likeness (QED) is 0.444. The third-order valence-corrected chi connectivity index (χ3v) is 4.80. The van der Waals surface area contributed by atoms with Crippen molar-refractivity contribution in [3.05, 3.63) is 30.3 Å². The van der Waals surface area contributed by atoms with Gasteiger partial charge in [0.2, 0.25) is 23.6 Å². The Hall–Kier alpha value is -1.67. The van der Waals surface area contributed by atoms with Crippen LogP contribution in [0, 0.1) is 0 Å². The van der Waals surface area contributed by atoms with Crippen molar-refractivity contribution >= 4 is 51.7 Å². The summed E-state index contributed by atoms with van der Waals surface area (Å²) in [6, 6.07) is 9.42. The zero-order chi connectivity index (χ0) is 16.1. The molecule has 6 nitrogen and oxygen atoms in total. The van der Waals surface area contributed by atoms with Crippen molar-refractivity contribution in [3.8, 4) is 0 Å². The van der Waals surface area contributed by atoms with Gasteiger partial charge in [0, 0.05) is 30.6 Å². The highest BCUT2D eigenvalue weighted by atomic mass is 79.9. The van der Waals surface area contributed by atoms with E-state index in [1.807, 2.05) is 30.3 Å². The highest BCUT2D eigenvalue weighted by Crippen LogP contribution is 2.27. The Morgan fingerprint density at radius 1 is 0.773 bits per heavy atom. The molecule has 1 aromatic rings. The lowest BCUT2D eigenvalue weighted by molar-refractivity contribution is -0.133. The van der Waals surface area contributed by atoms with E-state index in [-0.39, 0.29) is 23.6 Å². The number of carbonyl (C=O) groups excluding carboxylic acids is 4. The van der Waals surface area contributed by atoms with Gasteiger partial charge in [0.25, 0.3) is 0 Å². The zero-order valence-corrected chi connectivity index (χ0v) is 13.9. The third kappa shape index (κ3) is 4.17. The number of amides is 4. The Balaban J connectivity index is 0.000000188. The summed E-state index contributed by atoms with van der Waals surface area (Å²) < 4.78 is 2.22. The summed E-state index contributed by atoms with van der Waals surface area (Å²) >= 11 is 4.00. The smallest absolute Gasteiger partial charge is 0.240 e. The summed E-state index contributed by atoms with van der Waals surface area (Å²) in [5.41, 5.74) is 0. The highest BCUT2D eigenvalue weighted by molar-refractivity contribution is 9.08. The van der Waals surface area contributed by atoms with Crippen LogP contribution in [0.15, 0.2) is 35.2 Å². The first-order valence-corrected chi connectivity index (χ1v) is 8.07. The molecule has 2 aliphatic rings. The molecule has 0 atom stereocenters. The maximum absolute atomic E-state index is 11.3. The SMILES string of the molecule is O=C1CCC(=O)N1Br.O=C1CCC(=O)N1Sc1ccccc1. The van der Waals surface area contributed by atoms with E-state index in [1.165, 1.54) is 16.3 Å². The van der Waals surface area contributed by atoms with E-state index in [2.05, 4.69) is 16.1 Å². The standard InChI is InChI=1S/C10H9NO2S.C4H4BrNO2/c12-9-6-7-10(13)11(9)14-8-4-2-1-3-5-8;5-6-3(7)1-2-4(6)8/h1-5H,6-7H2;1-2H2. The van der Waals surface area contributed by atoms with Gasteiger partial charge in [-0.3, -0.25) is 19.2 Å². The molecule has 2 heterocycles. The van der Waals surface area contributed by atoms with E-state index in [9.17, 15) is 19.2 Å². The van der Waals surface area contributed by atoms with Gasteiger partial charge in [-0.25, -0.2) is 8.23 Å². The van der Waals surface area contributed by atoms with E-state index >= 15 is 0 Å². The molecule has 22 heavy (non-hydrogen) atoms. The van der Waals surface area contributed by atoms with Crippen molar-refractivity contribution in [1.29, 1.82) is 0 Å². The molecule has 0 saturated carbocycles. The third-order valence-electron chi connectivity index (χ3n) is 2.94. The molecule has 1 aromatic carbocycles. The summed E-state index contributed by atoms with van der Waals surface area (Å²) in [5, 5.41) is 0. The molecule has 0 radical (unpaired) electrons. The van der Waals surface area contributed by atoms with Gasteiger partial charge in [0.15, 0.2) is 0 Å². The number of rotatable bonds is 2. The minimum absolute atomic E-state index is 0.0937. The molecular weight excluding hydrogens is 372 g/mol. The number of hydrogen-bond acceptors (Lipinski definition) is 5. The fourth-order valence-corrected chi connectivity index (χ4v) is 3.02. The van der Waals surface area contributed by atoms with Gasteiger partial charge in [0.05, 0.1) is 16.1 Å². The molecule has 2 fully saturated rings. The van der Waals surface area contributed by atoms with Gasteiger partial charge < -0.3 is 0 Å². The number of carbonyl (C=O) groups is 4. The van der Waals surface area contributed by atoms with Crippen molar-refractivity contribution in [2.75, 3.05) is 0 Å². The summed E-state index contributed by atoms with van der Waals surface area (Å²) in [4.78, 5) is 44.3. The number of nitrogens with zero attached hydrogens (tertiary/aromatic N) is 2. The lowest BCUT2D eigenvalue weighted by Gasteiger charge is -2.11. The van der Waals surface area contributed by atoms with Crippen LogP contribution in [0.3, 0.4) is 0 Å². The van der Waals surface area contributed by atoms with Crippen molar-refractivity contribution in [3.63, 3.8) is 0 Å². The Morgan fingerprint density at radius 2 is 1.23 bits per heavy atom. The van der Waals surface area contributed by atoms with Crippen molar-refractivity contribution < 1.29 is 19.2 Å². The number of halogens is 1. The van der Waals surface area contributed by atoms with E-state index < -0.39 is 0 Å². The van der Waals surface area contributed by atoms with Crippen LogP contribution in [0.25, 0.3) is 0 Å². The summed E-state index contributed by atoms with van der Waals surface area (Å²) in [5.74, 6) is -0.474. The molecule has 4 amide bonds. The van der Waals surface area contributed by atoms with Gasteiger partial charge in [-0.1, -0.05) is 18.2 Å². The van der Waals surface area contributed by atoms with Crippen molar-refractivity contribution in [2.24, 2.45) is 0 Å². The van der Waals surface area contributed by atoms with Crippen LogP contribution in [0.2, 0.25) is 0 Å². The highest BCUT2D eigenvalue weighted by Gasteiger charge is 2.29. The Labute approximate surface area is 140 Å². The number of hydrogen-bond donors (Lipinski definition) is 0. The molecule has 0 unspecified atom stereocenters. The molecule has 2 aliphatic heterocycles. The molecule has 0 bridgehead atoms. The maximum Gasteiger partial charge on any atom is 0.240 e. The molecule has 3 rings (SSSR count). The van der Waals surface area contributed by atoms with Crippen LogP contribution < -0.4 is 0 Å². The predicted octanol–water partition coefficient (Wildman–Crippen LogP) is 2.29. The second-order valence-corrected chi connectivity index (χ2v) is 6.28. The van der Waals surface area contributed by atoms with Crippen LogP contribution in [-0.2, 0) is 19.2 Å². The minimum Gasteiger partial charge on any atom is -0.274 e. The van der Waals surface area contributed by atoms with E-state index in [4.69, 9.17) is 0 Å². The first kappa shape index (κ1) is 16.7. The van der Waals surface area contributed by atoms with Crippen LogP contribution in [0.5, 0.6) is 0 Å². The lowest BCUT2D eigenvalue weighted by atomic mass is 10.4. The first-order valence-electron chi connectivity index (χ1n) is 6.59. The molecular formula is C14H13BrN2O4S. The molecule has 2 saturated heterocycles. The largest absolute Gasteiger partial charge is 0.274 e. The Bertz CT molecular complexity index is 576. The summed E-state index contributed by atoms with van der Waals surface area (Å²) in [7, 11) is 0. The average Bonchev–Trinajstić information content (AvgIpc) is 2.99. The van der Waals surface area contributed by atoms with Gasteiger partial charge in [0.1, 0.15) is 0 Å². The maximum atomic E-state index is 11.3. The topological polar surface area (TPSA) is 74.8 Å². The molecule has 0 aliphatic carbocycles. The van der Waals surface area contributed by atoms with E-state index in [1.54, 1.807) is 0 Å². The normalized spacial score (nSPS) is 17.9.